The lowest BCUT2D eigenvalue weighted by atomic mass is 10.0. The zero-order chi connectivity index (χ0) is 18.5. The smallest absolute Gasteiger partial charge is 0.376 e. The second kappa shape index (κ2) is 7.90. The average molecular weight is 345 g/mol. The monoisotopic (exact) mass is 345 g/mol. The van der Waals surface area contributed by atoms with Gasteiger partial charge in [-0.3, -0.25) is 0 Å². The Morgan fingerprint density at radius 3 is 2.17 bits per heavy atom. The Morgan fingerprint density at radius 1 is 1.12 bits per heavy atom. The van der Waals surface area contributed by atoms with Crippen LogP contribution in [0.5, 0.6) is 0 Å². The van der Waals surface area contributed by atoms with E-state index in [0.717, 1.165) is 25.4 Å². The summed E-state index contributed by atoms with van der Waals surface area (Å²) in [4.78, 5) is 45.0. The molecule has 0 radical (unpaired) electrons. The predicted octanol–water partition coefficient (Wildman–Crippen LogP) is 0.157. The molecule has 134 valence electrons. The maximum atomic E-state index is 12.1. The van der Waals surface area contributed by atoms with Crippen molar-refractivity contribution in [3.8, 4) is 0 Å². The number of hydroxylamine groups is 2. The molecule has 1 aliphatic heterocycles. The highest BCUT2D eigenvalue weighted by molar-refractivity contribution is 6.01. The molecular formula is C14H19NO9. The number of ether oxygens (including phenoxy) is 3. The first-order chi connectivity index (χ1) is 11.2. The quantitative estimate of drug-likeness (QED) is 0.234. The van der Waals surface area contributed by atoms with Gasteiger partial charge >= 0.3 is 17.9 Å². The van der Waals surface area contributed by atoms with Crippen LogP contribution >= 0.6 is 0 Å². The van der Waals surface area contributed by atoms with Crippen LogP contribution in [0, 0.1) is 0 Å². The lowest BCUT2D eigenvalue weighted by Crippen LogP contribution is -2.48. The number of carbonyl (C=O) groups excluding carboxylic acids is 3. The normalized spacial score (nSPS) is 18.5. The first-order valence-corrected chi connectivity index (χ1v) is 6.70. The molecule has 0 aromatic rings. The van der Waals surface area contributed by atoms with Crippen LogP contribution in [-0.4, -0.2) is 61.3 Å². The minimum Gasteiger partial charge on any atom is -0.466 e. The van der Waals surface area contributed by atoms with E-state index in [0.29, 0.717) is 0 Å². The topological polar surface area (TPSA) is 121 Å². The molecule has 24 heavy (non-hydrogen) atoms. The Balaban J connectivity index is 3.43. The van der Waals surface area contributed by atoms with Crippen LogP contribution in [0.1, 0.15) is 13.8 Å². The zero-order valence-corrected chi connectivity index (χ0v) is 13.9. The van der Waals surface area contributed by atoms with Gasteiger partial charge in [0.2, 0.25) is 5.76 Å². The van der Waals surface area contributed by atoms with Crippen LogP contribution < -0.4 is 0 Å². The maximum absolute atomic E-state index is 12.1. The predicted molar refractivity (Wildman–Crippen MR) is 76.7 cm³/mol. The van der Waals surface area contributed by atoms with Crippen molar-refractivity contribution in [2.45, 2.75) is 25.6 Å². The summed E-state index contributed by atoms with van der Waals surface area (Å²) in [5.41, 5.74) is -1.71. The SMILES string of the molecule is COC(=O)/C=C/C1C(C(=O)OC)=C(C(=O)OC)ON1C(C)(C)OO. The number of esters is 3. The molecule has 1 rings (SSSR count). The molecule has 0 saturated carbocycles. The first-order valence-electron chi connectivity index (χ1n) is 6.70. The summed E-state index contributed by atoms with van der Waals surface area (Å²) in [6.45, 7) is 2.81. The molecule has 1 aliphatic rings. The first kappa shape index (κ1) is 19.6. The van der Waals surface area contributed by atoms with Gasteiger partial charge in [0.15, 0.2) is 5.72 Å². The second-order valence-electron chi connectivity index (χ2n) is 5.01. The van der Waals surface area contributed by atoms with E-state index in [-0.39, 0.29) is 5.57 Å². The van der Waals surface area contributed by atoms with Gasteiger partial charge in [0.05, 0.1) is 21.3 Å². The summed E-state index contributed by atoms with van der Waals surface area (Å²) in [6.07, 6.45) is 2.26. The molecule has 0 aromatic carbocycles. The number of hydrogen-bond acceptors (Lipinski definition) is 10. The Bertz CT molecular complexity index is 579. The number of rotatable bonds is 6. The average Bonchev–Trinajstić information content (AvgIpc) is 2.98. The Labute approximate surface area is 138 Å². The molecule has 0 bridgehead atoms. The summed E-state index contributed by atoms with van der Waals surface area (Å²) in [7, 11) is 3.39. The largest absolute Gasteiger partial charge is 0.466 e. The lowest BCUT2D eigenvalue weighted by Gasteiger charge is -2.33. The van der Waals surface area contributed by atoms with Gasteiger partial charge in [0.25, 0.3) is 0 Å². The maximum Gasteiger partial charge on any atom is 0.376 e. The molecule has 0 amide bonds. The number of carbonyl (C=O) groups is 3. The summed E-state index contributed by atoms with van der Waals surface area (Å²) >= 11 is 0. The fraction of sp³-hybridized carbons (Fsp3) is 0.500. The third kappa shape index (κ3) is 3.91. The second-order valence-corrected chi connectivity index (χ2v) is 5.01. The van der Waals surface area contributed by atoms with Crippen molar-refractivity contribution in [1.29, 1.82) is 0 Å². The van der Waals surface area contributed by atoms with Crippen LogP contribution in [0.3, 0.4) is 0 Å². The zero-order valence-electron chi connectivity index (χ0n) is 13.9. The van der Waals surface area contributed by atoms with Gasteiger partial charge in [-0.1, -0.05) is 11.1 Å². The Kier molecular flexibility index (Phi) is 6.46. The van der Waals surface area contributed by atoms with Gasteiger partial charge in [0.1, 0.15) is 11.6 Å². The van der Waals surface area contributed by atoms with E-state index in [4.69, 9.17) is 10.1 Å². The highest BCUT2D eigenvalue weighted by Crippen LogP contribution is 2.35. The van der Waals surface area contributed by atoms with Crippen LogP contribution in [0.2, 0.25) is 0 Å². The van der Waals surface area contributed by atoms with Crippen molar-refractivity contribution in [3.05, 3.63) is 23.5 Å². The molecule has 0 fully saturated rings. The van der Waals surface area contributed by atoms with Crippen molar-refractivity contribution in [2.24, 2.45) is 0 Å². The molecule has 1 N–H and O–H groups in total. The van der Waals surface area contributed by atoms with Crippen molar-refractivity contribution in [3.63, 3.8) is 0 Å². The van der Waals surface area contributed by atoms with Crippen molar-refractivity contribution < 1.29 is 43.6 Å². The highest BCUT2D eigenvalue weighted by atomic mass is 17.1. The molecule has 10 nitrogen and oxygen atoms in total. The van der Waals surface area contributed by atoms with Crippen LogP contribution in [0.4, 0.5) is 0 Å². The number of methoxy groups -OCH3 is 3. The van der Waals surface area contributed by atoms with Crippen molar-refractivity contribution >= 4 is 17.9 Å². The standard InChI is InChI=1S/C14H19NO9/c1-14(2,24-19)15-8(6-7-9(16)20-3)10(12(17)21-4)11(23-15)13(18)22-5/h6-8,19H,1-5H3/b7-6+. The van der Waals surface area contributed by atoms with Crippen molar-refractivity contribution in [2.75, 3.05) is 21.3 Å². The molecule has 0 saturated heterocycles. The number of nitrogens with zero attached hydrogens (tertiary/aromatic N) is 1. The molecule has 1 unspecified atom stereocenters. The van der Waals surface area contributed by atoms with Crippen LogP contribution in [0.15, 0.2) is 23.5 Å². The van der Waals surface area contributed by atoms with Gasteiger partial charge in [0, 0.05) is 6.08 Å². The van der Waals surface area contributed by atoms with E-state index in [1.165, 1.54) is 27.0 Å². The summed E-state index contributed by atoms with van der Waals surface area (Å²) in [5.74, 6) is -2.98. The molecule has 1 atom stereocenters. The highest BCUT2D eigenvalue weighted by Gasteiger charge is 2.49. The summed E-state index contributed by atoms with van der Waals surface area (Å²) in [5, 5.41) is 10.1. The van der Waals surface area contributed by atoms with E-state index in [9.17, 15) is 14.4 Å². The minimum absolute atomic E-state index is 0.227. The number of hydrogen-bond donors (Lipinski definition) is 1. The van der Waals surface area contributed by atoms with Gasteiger partial charge in [-0.2, -0.15) is 0 Å². The van der Waals surface area contributed by atoms with E-state index in [1.54, 1.807) is 0 Å². The van der Waals surface area contributed by atoms with Gasteiger partial charge in [-0.25, -0.2) is 24.5 Å². The van der Waals surface area contributed by atoms with Gasteiger partial charge in [-0.05, 0) is 13.8 Å². The minimum atomic E-state index is -1.49. The molecule has 1 heterocycles. The fourth-order valence-electron chi connectivity index (χ4n) is 1.92. The van der Waals surface area contributed by atoms with Gasteiger partial charge in [-0.15, -0.1) is 0 Å². The molecular weight excluding hydrogens is 326 g/mol. The third-order valence-electron chi connectivity index (χ3n) is 3.13. The molecule has 10 heteroatoms. The summed E-state index contributed by atoms with van der Waals surface area (Å²) < 4.78 is 13.7. The van der Waals surface area contributed by atoms with E-state index < -0.39 is 35.4 Å². The Morgan fingerprint density at radius 2 is 1.71 bits per heavy atom. The molecule has 0 aliphatic carbocycles. The van der Waals surface area contributed by atoms with Gasteiger partial charge < -0.3 is 19.0 Å². The van der Waals surface area contributed by atoms with E-state index in [2.05, 4.69) is 19.1 Å². The van der Waals surface area contributed by atoms with Crippen LogP contribution in [0.25, 0.3) is 0 Å². The molecule has 0 spiro atoms. The van der Waals surface area contributed by atoms with E-state index in [1.807, 2.05) is 0 Å². The summed E-state index contributed by atoms with van der Waals surface area (Å²) in [6, 6.07) is -1.09. The van der Waals surface area contributed by atoms with Crippen molar-refractivity contribution in [1.82, 2.24) is 5.06 Å². The Hall–Kier alpha value is -2.43. The third-order valence-corrected chi connectivity index (χ3v) is 3.13. The van der Waals surface area contributed by atoms with E-state index >= 15 is 0 Å². The van der Waals surface area contributed by atoms with Crippen LogP contribution in [-0.2, 0) is 38.3 Å². The fourth-order valence-corrected chi connectivity index (χ4v) is 1.92. The molecule has 0 aromatic heterocycles. The lowest BCUT2D eigenvalue weighted by molar-refractivity contribution is -0.400.